The molecule has 4 nitrogen and oxygen atoms in total. The van der Waals surface area contributed by atoms with Crippen LogP contribution in [-0.2, 0) is 6.54 Å². The van der Waals surface area contributed by atoms with Gasteiger partial charge in [0.25, 0.3) is 0 Å². The molecular weight excluding hydrogens is 220 g/mol. The van der Waals surface area contributed by atoms with Gasteiger partial charge in [-0.2, -0.15) is 0 Å². The molecule has 0 aromatic carbocycles. The van der Waals surface area contributed by atoms with Crippen LogP contribution in [0.15, 0.2) is 5.38 Å². The molecular formula is C11H20N4S. The van der Waals surface area contributed by atoms with Gasteiger partial charge in [0.2, 0.25) is 0 Å². The lowest BCUT2D eigenvalue weighted by molar-refractivity contribution is 0.136. The number of nitrogens with zero attached hydrogens (tertiary/aromatic N) is 3. The number of hydrogen-bond donors (Lipinski definition) is 1. The standard InChI is InChI=1S/C11H20N4S/c1-11(3-5-15(2)6-4-11)9-12-7-10-8-16-14-13-10/h8,12H,3-7,9H2,1-2H3. The molecule has 1 aliphatic heterocycles. The van der Waals surface area contributed by atoms with Crippen LogP contribution >= 0.6 is 11.5 Å². The number of rotatable bonds is 4. The third-order valence-electron chi connectivity index (χ3n) is 3.46. The number of nitrogens with one attached hydrogen (secondary N) is 1. The lowest BCUT2D eigenvalue weighted by Gasteiger charge is -2.38. The molecule has 0 spiro atoms. The second-order valence-corrected chi connectivity index (χ2v) is 5.72. The summed E-state index contributed by atoms with van der Waals surface area (Å²) in [4.78, 5) is 2.41. The molecule has 0 radical (unpaired) electrons. The van der Waals surface area contributed by atoms with E-state index >= 15 is 0 Å². The van der Waals surface area contributed by atoms with Crippen molar-refractivity contribution >= 4 is 11.5 Å². The predicted molar refractivity (Wildman–Crippen MR) is 66.5 cm³/mol. The fraction of sp³-hybridized carbons (Fsp3) is 0.818. The third kappa shape index (κ3) is 3.23. The van der Waals surface area contributed by atoms with E-state index in [1.807, 2.05) is 5.38 Å². The Morgan fingerprint density at radius 2 is 2.25 bits per heavy atom. The van der Waals surface area contributed by atoms with Crippen molar-refractivity contribution in [3.05, 3.63) is 11.1 Å². The summed E-state index contributed by atoms with van der Waals surface area (Å²) in [6.07, 6.45) is 2.57. The molecule has 1 aliphatic rings. The molecule has 2 heterocycles. The summed E-state index contributed by atoms with van der Waals surface area (Å²) in [5, 5.41) is 9.53. The van der Waals surface area contributed by atoms with E-state index in [0.717, 1.165) is 18.8 Å². The van der Waals surface area contributed by atoms with E-state index in [9.17, 15) is 0 Å². The van der Waals surface area contributed by atoms with E-state index in [-0.39, 0.29) is 0 Å². The molecule has 0 saturated carbocycles. The van der Waals surface area contributed by atoms with Crippen molar-refractivity contribution < 1.29 is 0 Å². The molecule has 16 heavy (non-hydrogen) atoms. The minimum Gasteiger partial charge on any atom is -0.311 e. The summed E-state index contributed by atoms with van der Waals surface area (Å²) in [5.74, 6) is 0. The quantitative estimate of drug-likeness (QED) is 0.863. The summed E-state index contributed by atoms with van der Waals surface area (Å²) in [5.41, 5.74) is 1.51. The predicted octanol–water partition coefficient (Wildman–Crippen LogP) is 1.36. The van der Waals surface area contributed by atoms with Crippen molar-refractivity contribution in [3.63, 3.8) is 0 Å². The highest BCUT2D eigenvalue weighted by atomic mass is 32.1. The van der Waals surface area contributed by atoms with Crippen LogP contribution in [0.2, 0.25) is 0 Å². The highest BCUT2D eigenvalue weighted by Gasteiger charge is 2.28. The molecule has 2 rings (SSSR count). The van der Waals surface area contributed by atoms with Crippen molar-refractivity contribution in [2.45, 2.75) is 26.3 Å². The van der Waals surface area contributed by atoms with E-state index in [1.165, 1.54) is 37.5 Å². The van der Waals surface area contributed by atoms with Crippen molar-refractivity contribution in [2.75, 3.05) is 26.7 Å². The van der Waals surface area contributed by atoms with Crippen LogP contribution < -0.4 is 5.32 Å². The zero-order valence-electron chi connectivity index (χ0n) is 10.1. The summed E-state index contributed by atoms with van der Waals surface area (Å²) >= 11 is 1.42. The van der Waals surface area contributed by atoms with Crippen molar-refractivity contribution in [1.82, 2.24) is 19.8 Å². The monoisotopic (exact) mass is 240 g/mol. The maximum Gasteiger partial charge on any atom is 0.0893 e. The zero-order chi connectivity index (χ0) is 11.4. The van der Waals surface area contributed by atoms with Crippen LogP contribution in [0.25, 0.3) is 0 Å². The van der Waals surface area contributed by atoms with E-state index in [2.05, 4.69) is 33.8 Å². The van der Waals surface area contributed by atoms with Gasteiger partial charge in [0.05, 0.1) is 5.69 Å². The van der Waals surface area contributed by atoms with Gasteiger partial charge in [0, 0.05) is 18.5 Å². The van der Waals surface area contributed by atoms with Gasteiger partial charge < -0.3 is 10.2 Å². The first-order valence-corrected chi connectivity index (χ1v) is 6.67. The molecule has 1 aromatic rings. The highest BCUT2D eigenvalue weighted by molar-refractivity contribution is 7.03. The molecule has 0 bridgehead atoms. The first-order valence-electron chi connectivity index (χ1n) is 5.83. The maximum absolute atomic E-state index is 4.03. The minimum absolute atomic E-state index is 0.454. The molecule has 1 fully saturated rings. The highest BCUT2D eigenvalue weighted by Crippen LogP contribution is 2.29. The molecule has 0 aliphatic carbocycles. The zero-order valence-corrected chi connectivity index (χ0v) is 10.9. The van der Waals surface area contributed by atoms with E-state index in [4.69, 9.17) is 0 Å². The first kappa shape index (κ1) is 12.0. The van der Waals surface area contributed by atoms with E-state index in [1.54, 1.807) is 0 Å². The fourth-order valence-corrected chi connectivity index (χ4v) is 2.54. The van der Waals surface area contributed by atoms with Crippen LogP contribution in [0.3, 0.4) is 0 Å². The molecule has 0 atom stereocenters. The van der Waals surface area contributed by atoms with E-state index in [0.29, 0.717) is 5.41 Å². The van der Waals surface area contributed by atoms with Crippen LogP contribution in [0.4, 0.5) is 0 Å². The first-order chi connectivity index (χ1) is 7.68. The van der Waals surface area contributed by atoms with Crippen molar-refractivity contribution in [1.29, 1.82) is 0 Å². The molecule has 1 saturated heterocycles. The molecule has 90 valence electrons. The summed E-state index contributed by atoms with van der Waals surface area (Å²) in [7, 11) is 2.20. The lowest BCUT2D eigenvalue weighted by Crippen LogP contribution is -2.41. The maximum atomic E-state index is 4.03. The molecule has 5 heteroatoms. The number of piperidine rings is 1. The Balaban J connectivity index is 1.73. The molecule has 0 unspecified atom stereocenters. The second-order valence-electron chi connectivity index (χ2n) is 5.11. The third-order valence-corrected chi connectivity index (χ3v) is 4.01. The summed E-state index contributed by atoms with van der Waals surface area (Å²) < 4.78 is 3.86. The lowest BCUT2D eigenvalue weighted by atomic mass is 9.80. The SMILES string of the molecule is CN1CCC(C)(CNCc2csnn2)CC1. The van der Waals surface area contributed by atoms with Gasteiger partial charge in [-0.3, -0.25) is 0 Å². The molecule has 0 amide bonds. The van der Waals surface area contributed by atoms with Gasteiger partial charge in [0.1, 0.15) is 0 Å². The number of aromatic nitrogens is 2. The Bertz CT molecular complexity index is 304. The second kappa shape index (κ2) is 5.21. The summed E-state index contributed by atoms with van der Waals surface area (Å²) in [6, 6.07) is 0. The molecule has 1 N–H and O–H groups in total. The van der Waals surface area contributed by atoms with Crippen LogP contribution in [0.1, 0.15) is 25.5 Å². The van der Waals surface area contributed by atoms with Gasteiger partial charge in [-0.05, 0) is 49.9 Å². The van der Waals surface area contributed by atoms with Crippen molar-refractivity contribution in [2.24, 2.45) is 5.41 Å². The summed E-state index contributed by atoms with van der Waals surface area (Å²) in [6.45, 7) is 6.75. The van der Waals surface area contributed by atoms with Crippen molar-refractivity contribution in [3.8, 4) is 0 Å². The average Bonchev–Trinajstić information content (AvgIpc) is 2.76. The van der Waals surface area contributed by atoms with Gasteiger partial charge in [-0.1, -0.05) is 11.4 Å². The Labute approximate surface area is 101 Å². The van der Waals surface area contributed by atoms with Crippen LogP contribution in [0.5, 0.6) is 0 Å². The largest absolute Gasteiger partial charge is 0.311 e. The van der Waals surface area contributed by atoms with Gasteiger partial charge in [-0.25, -0.2) is 0 Å². The van der Waals surface area contributed by atoms with Crippen LogP contribution in [-0.4, -0.2) is 41.2 Å². The van der Waals surface area contributed by atoms with E-state index < -0.39 is 0 Å². The normalized spacial score (nSPS) is 21.1. The van der Waals surface area contributed by atoms with Gasteiger partial charge in [0.15, 0.2) is 0 Å². The Morgan fingerprint density at radius 1 is 1.50 bits per heavy atom. The minimum atomic E-state index is 0.454. The number of likely N-dealkylation sites (tertiary alicyclic amines) is 1. The Morgan fingerprint density at radius 3 is 2.88 bits per heavy atom. The fourth-order valence-electron chi connectivity index (χ4n) is 2.09. The number of hydrogen-bond acceptors (Lipinski definition) is 5. The van der Waals surface area contributed by atoms with Gasteiger partial charge in [-0.15, -0.1) is 5.10 Å². The van der Waals surface area contributed by atoms with Gasteiger partial charge >= 0.3 is 0 Å². The topological polar surface area (TPSA) is 41.0 Å². The average molecular weight is 240 g/mol. The molecule has 1 aromatic heterocycles. The van der Waals surface area contributed by atoms with Crippen LogP contribution in [0, 0.1) is 5.41 Å². The Kier molecular flexibility index (Phi) is 3.89. The Hall–Kier alpha value is -0.520. The smallest absolute Gasteiger partial charge is 0.0893 e.